The second-order valence-electron chi connectivity index (χ2n) is 3.22. The molecule has 0 bridgehead atoms. The van der Waals surface area contributed by atoms with Crippen LogP contribution in [0.2, 0.25) is 0 Å². The molecular weight excluding hydrogens is 270 g/mol. The lowest BCUT2D eigenvalue weighted by molar-refractivity contribution is 0.791. The van der Waals surface area contributed by atoms with Crippen LogP contribution in [0.15, 0.2) is 41.3 Å². The maximum Gasteiger partial charge on any atom is 0.143 e. The van der Waals surface area contributed by atoms with Crippen molar-refractivity contribution in [1.82, 2.24) is 25.2 Å². The molecule has 3 rings (SSSR count). The fourth-order valence-corrected chi connectivity index (χ4v) is 2.03. The standard InChI is InChI=1S/C10H6BrN5/c11-8-3-4-9(16-6-13-14-15-16)10-7(8)2-1-5-12-10/h1-6H. The van der Waals surface area contributed by atoms with Crippen molar-refractivity contribution >= 4 is 26.8 Å². The van der Waals surface area contributed by atoms with Gasteiger partial charge < -0.3 is 0 Å². The Bertz CT molecular complexity index is 635. The number of hydrogen-bond acceptors (Lipinski definition) is 4. The Kier molecular flexibility index (Phi) is 2.14. The Morgan fingerprint density at radius 2 is 2.12 bits per heavy atom. The molecule has 0 spiro atoms. The van der Waals surface area contributed by atoms with E-state index >= 15 is 0 Å². The summed E-state index contributed by atoms with van der Waals surface area (Å²) in [5.74, 6) is 0. The first kappa shape index (κ1) is 9.41. The maximum absolute atomic E-state index is 4.35. The van der Waals surface area contributed by atoms with Gasteiger partial charge in [0.15, 0.2) is 0 Å². The summed E-state index contributed by atoms with van der Waals surface area (Å²) in [6.45, 7) is 0. The van der Waals surface area contributed by atoms with Crippen molar-refractivity contribution in [3.63, 3.8) is 0 Å². The normalized spacial score (nSPS) is 10.8. The molecule has 0 N–H and O–H groups in total. The first-order chi connectivity index (χ1) is 7.86. The highest BCUT2D eigenvalue weighted by Gasteiger charge is 2.07. The van der Waals surface area contributed by atoms with E-state index in [1.165, 1.54) is 0 Å². The van der Waals surface area contributed by atoms with Crippen LogP contribution >= 0.6 is 15.9 Å². The summed E-state index contributed by atoms with van der Waals surface area (Å²) in [5.41, 5.74) is 1.73. The Hall–Kier alpha value is -1.82. The number of rotatable bonds is 1. The van der Waals surface area contributed by atoms with E-state index in [0.29, 0.717) is 0 Å². The molecule has 0 amide bonds. The Labute approximate surface area is 99.2 Å². The molecule has 78 valence electrons. The third-order valence-corrected chi connectivity index (χ3v) is 2.98. The van der Waals surface area contributed by atoms with Crippen LogP contribution in [0.1, 0.15) is 0 Å². The minimum absolute atomic E-state index is 0.865. The number of benzene rings is 1. The second kappa shape index (κ2) is 3.64. The zero-order valence-electron chi connectivity index (χ0n) is 8.08. The van der Waals surface area contributed by atoms with E-state index < -0.39 is 0 Å². The lowest BCUT2D eigenvalue weighted by Gasteiger charge is -2.05. The predicted molar refractivity (Wildman–Crippen MR) is 62.2 cm³/mol. The Morgan fingerprint density at radius 1 is 1.19 bits per heavy atom. The van der Waals surface area contributed by atoms with Gasteiger partial charge in [0.25, 0.3) is 0 Å². The SMILES string of the molecule is Brc1ccc(-n2cnnn2)c2ncccc12. The molecule has 0 aliphatic carbocycles. The highest BCUT2D eigenvalue weighted by Crippen LogP contribution is 2.26. The van der Waals surface area contributed by atoms with Gasteiger partial charge in [-0.05, 0) is 28.6 Å². The largest absolute Gasteiger partial charge is 0.254 e. The topological polar surface area (TPSA) is 56.5 Å². The molecule has 0 fully saturated rings. The van der Waals surface area contributed by atoms with Crippen LogP contribution in [0.25, 0.3) is 16.6 Å². The second-order valence-corrected chi connectivity index (χ2v) is 4.07. The van der Waals surface area contributed by atoms with Crippen LogP contribution in [0, 0.1) is 0 Å². The monoisotopic (exact) mass is 275 g/mol. The number of nitrogens with zero attached hydrogens (tertiary/aromatic N) is 5. The van der Waals surface area contributed by atoms with Crippen molar-refractivity contribution < 1.29 is 0 Å². The maximum atomic E-state index is 4.35. The molecule has 0 radical (unpaired) electrons. The van der Waals surface area contributed by atoms with Gasteiger partial charge in [0.05, 0.1) is 11.2 Å². The van der Waals surface area contributed by atoms with E-state index in [1.807, 2.05) is 24.3 Å². The van der Waals surface area contributed by atoms with E-state index in [2.05, 4.69) is 36.4 Å². The number of hydrogen-bond donors (Lipinski definition) is 0. The van der Waals surface area contributed by atoms with Gasteiger partial charge >= 0.3 is 0 Å². The highest BCUT2D eigenvalue weighted by atomic mass is 79.9. The summed E-state index contributed by atoms with van der Waals surface area (Å²) < 4.78 is 2.61. The minimum atomic E-state index is 0.865. The third kappa shape index (κ3) is 1.38. The van der Waals surface area contributed by atoms with Gasteiger partial charge in [0, 0.05) is 16.1 Å². The zero-order valence-corrected chi connectivity index (χ0v) is 9.66. The van der Waals surface area contributed by atoms with Crippen LogP contribution in [-0.4, -0.2) is 25.2 Å². The lowest BCUT2D eigenvalue weighted by Crippen LogP contribution is -1.97. The fraction of sp³-hybridized carbons (Fsp3) is 0. The van der Waals surface area contributed by atoms with Crippen LogP contribution < -0.4 is 0 Å². The van der Waals surface area contributed by atoms with Crippen LogP contribution in [0.3, 0.4) is 0 Å². The van der Waals surface area contributed by atoms with Crippen LogP contribution in [0.4, 0.5) is 0 Å². The number of pyridine rings is 1. The van der Waals surface area contributed by atoms with Gasteiger partial charge in [-0.15, -0.1) is 5.10 Å². The summed E-state index contributed by atoms with van der Waals surface area (Å²) in [6, 6.07) is 7.79. The van der Waals surface area contributed by atoms with E-state index in [1.54, 1.807) is 17.2 Å². The van der Waals surface area contributed by atoms with E-state index in [-0.39, 0.29) is 0 Å². The fourth-order valence-electron chi connectivity index (χ4n) is 1.58. The summed E-state index contributed by atoms with van der Waals surface area (Å²) in [6.07, 6.45) is 3.31. The first-order valence-electron chi connectivity index (χ1n) is 4.63. The van der Waals surface area contributed by atoms with Gasteiger partial charge in [-0.1, -0.05) is 22.0 Å². The predicted octanol–water partition coefficient (Wildman–Crippen LogP) is 1.97. The summed E-state index contributed by atoms with van der Waals surface area (Å²) >= 11 is 3.49. The molecule has 2 heterocycles. The molecule has 0 saturated heterocycles. The smallest absolute Gasteiger partial charge is 0.143 e. The van der Waals surface area contributed by atoms with Crippen molar-refractivity contribution in [2.75, 3.05) is 0 Å². The molecule has 5 nitrogen and oxygen atoms in total. The molecule has 6 heteroatoms. The van der Waals surface area contributed by atoms with Gasteiger partial charge in [-0.3, -0.25) is 4.98 Å². The van der Waals surface area contributed by atoms with E-state index in [4.69, 9.17) is 0 Å². The van der Waals surface area contributed by atoms with E-state index in [9.17, 15) is 0 Å². The molecule has 16 heavy (non-hydrogen) atoms. The molecule has 2 aromatic heterocycles. The number of tetrazole rings is 1. The average Bonchev–Trinajstić information content (AvgIpc) is 2.83. The first-order valence-corrected chi connectivity index (χ1v) is 5.42. The van der Waals surface area contributed by atoms with Crippen molar-refractivity contribution in [3.8, 4) is 5.69 Å². The molecule has 3 aromatic rings. The minimum Gasteiger partial charge on any atom is -0.254 e. The molecule has 0 unspecified atom stereocenters. The van der Waals surface area contributed by atoms with Crippen LogP contribution in [0.5, 0.6) is 0 Å². The van der Waals surface area contributed by atoms with Gasteiger partial charge in [0.2, 0.25) is 0 Å². The van der Waals surface area contributed by atoms with Crippen molar-refractivity contribution in [2.45, 2.75) is 0 Å². The quantitative estimate of drug-likeness (QED) is 0.682. The Morgan fingerprint density at radius 3 is 2.94 bits per heavy atom. The summed E-state index contributed by atoms with van der Waals surface area (Å²) in [5, 5.41) is 12.1. The van der Waals surface area contributed by atoms with Crippen molar-refractivity contribution in [2.24, 2.45) is 0 Å². The molecule has 1 aromatic carbocycles. The molecule has 0 aliphatic heterocycles. The van der Waals surface area contributed by atoms with Crippen molar-refractivity contribution in [1.29, 1.82) is 0 Å². The number of halogens is 1. The van der Waals surface area contributed by atoms with Gasteiger partial charge in [-0.2, -0.15) is 4.68 Å². The molecular formula is C10H6BrN5. The molecule has 0 aliphatic rings. The third-order valence-electron chi connectivity index (χ3n) is 2.29. The zero-order chi connectivity index (χ0) is 11.0. The van der Waals surface area contributed by atoms with E-state index in [0.717, 1.165) is 21.1 Å². The van der Waals surface area contributed by atoms with Crippen molar-refractivity contribution in [3.05, 3.63) is 41.3 Å². The number of fused-ring (bicyclic) bond motifs is 1. The molecule has 0 atom stereocenters. The lowest BCUT2D eigenvalue weighted by atomic mass is 10.2. The molecule has 0 saturated carbocycles. The summed E-state index contributed by atoms with van der Waals surface area (Å²) in [4.78, 5) is 4.35. The van der Waals surface area contributed by atoms with Gasteiger partial charge in [-0.25, -0.2) is 0 Å². The Balaban J connectivity index is 2.39. The van der Waals surface area contributed by atoms with Crippen LogP contribution in [-0.2, 0) is 0 Å². The van der Waals surface area contributed by atoms with Gasteiger partial charge in [0.1, 0.15) is 6.33 Å². The average molecular weight is 276 g/mol. The number of aromatic nitrogens is 5. The summed E-state index contributed by atoms with van der Waals surface area (Å²) in [7, 11) is 0. The highest BCUT2D eigenvalue weighted by molar-refractivity contribution is 9.10.